The van der Waals surface area contributed by atoms with Gasteiger partial charge in [-0.3, -0.25) is 14.0 Å². The fourth-order valence-corrected chi connectivity index (χ4v) is 5.39. The summed E-state index contributed by atoms with van der Waals surface area (Å²) in [7, 11) is 0.807. The van der Waals surface area contributed by atoms with Crippen molar-refractivity contribution in [2.24, 2.45) is 7.05 Å². The third kappa shape index (κ3) is 6.76. The van der Waals surface area contributed by atoms with Crippen LogP contribution in [-0.4, -0.2) is 47.3 Å². The van der Waals surface area contributed by atoms with Crippen molar-refractivity contribution >= 4 is 14.3 Å². The quantitative estimate of drug-likeness (QED) is 0.322. The number of rotatable bonds is 10. The van der Waals surface area contributed by atoms with E-state index in [1.54, 1.807) is 23.0 Å². The second-order valence-corrected chi connectivity index (χ2v) is 15.9. The van der Waals surface area contributed by atoms with Gasteiger partial charge in [-0.15, -0.1) is 0 Å². The van der Waals surface area contributed by atoms with Crippen LogP contribution in [0.2, 0.25) is 18.1 Å². The van der Waals surface area contributed by atoms with Crippen LogP contribution in [0.4, 0.5) is 0 Å². The van der Waals surface area contributed by atoms with Crippen LogP contribution in [0, 0.1) is 11.3 Å². The van der Waals surface area contributed by atoms with Crippen LogP contribution in [0.15, 0.2) is 41.5 Å². The summed E-state index contributed by atoms with van der Waals surface area (Å²) in [6.07, 6.45) is 3.62. The number of ether oxygens (including phenoxy) is 1. The van der Waals surface area contributed by atoms with Gasteiger partial charge in [0.15, 0.2) is 8.32 Å². The van der Waals surface area contributed by atoms with E-state index in [0.29, 0.717) is 24.3 Å². The molecule has 2 unspecified atom stereocenters. The second kappa shape index (κ2) is 13.0. The van der Waals surface area contributed by atoms with E-state index < -0.39 is 43.1 Å². The molecule has 0 amide bonds. The van der Waals surface area contributed by atoms with Crippen molar-refractivity contribution in [3.8, 4) is 11.8 Å². The van der Waals surface area contributed by atoms with Crippen molar-refractivity contribution in [1.29, 1.82) is 5.26 Å². The third-order valence-electron chi connectivity index (χ3n) is 7.61. The number of carbonyl (C=O) groups is 1. The van der Waals surface area contributed by atoms with Crippen molar-refractivity contribution in [3.63, 3.8) is 0 Å². The molecule has 2 aromatic heterocycles. The van der Waals surface area contributed by atoms with Gasteiger partial charge in [0.1, 0.15) is 11.5 Å². The Morgan fingerprint density at radius 3 is 2.48 bits per heavy atom. The first-order valence-electron chi connectivity index (χ1n) is 12.7. The number of nitrogens with zero attached hydrogens (tertiary/aromatic N) is 5. The number of benzene rings is 1. The molecule has 3 aromatic rings. The minimum Gasteiger partial charge on any atom is -0.543 e. The van der Waals surface area contributed by atoms with Gasteiger partial charge in [0.05, 0.1) is 44.1 Å². The Bertz CT molecular complexity index is 1450. The van der Waals surface area contributed by atoms with Crippen molar-refractivity contribution in [1.82, 2.24) is 19.3 Å². The van der Waals surface area contributed by atoms with Gasteiger partial charge in [-0.25, -0.2) is 4.98 Å². The average molecular weight is 558 g/mol. The first kappa shape index (κ1) is 33.1. The number of aromatic carboxylic acids is 1. The number of methoxy groups -OCH3 is 1. The molecule has 0 aliphatic rings. The Morgan fingerprint density at radius 2 is 1.90 bits per heavy atom. The Balaban J connectivity index is 0.00000560. The fourth-order valence-electron chi connectivity index (χ4n) is 4.36. The maximum absolute atomic E-state index is 13.0. The van der Waals surface area contributed by atoms with Gasteiger partial charge >= 0.3 is 18.9 Å². The molecular weight excluding hydrogens is 521 g/mol. The summed E-state index contributed by atoms with van der Waals surface area (Å²) >= 11 is 0. The van der Waals surface area contributed by atoms with Crippen molar-refractivity contribution in [2.75, 3.05) is 13.7 Å². The van der Waals surface area contributed by atoms with E-state index in [1.807, 2.05) is 25.3 Å². The molecule has 0 fully saturated rings. The van der Waals surface area contributed by atoms with Gasteiger partial charge in [0, 0.05) is 25.1 Å². The van der Waals surface area contributed by atoms with Gasteiger partial charge in [-0.05, 0) is 35.3 Å². The van der Waals surface area contributed by atoms with Gasteiger partial charge in [0.25, 0.3) is 5.56 Å². The molecule has 0 radical (unpaired) electrons. The maximum Gasteiger partial charge on any atom is 1.00 e. The predicted octanol–water partition coefficient (Wildman–Crippen LogP) is 0.182. The molecule has 0 aliphatic carbocycles. The summed E-state index contributed by atoms with van der Waals surface area (Å²) in [5.41, 5.74) is 0.761. The van der Waals surface area contributed by atoms with Crippen LogP contribution in [0.5, 0.6) is 5.75 Å². The molecule has 0 aliphatic heterocycles. The largest absolute Gasteiger partial charge is 1.00 e. The zero-order chi connectivity index (χ0) is 29.1. The normalized spacial score (nSPS) is 13.2. The minimum atomic E-state index is -1.92. The predicted molar refractivity (Wildman–Crippen MR) is 147 cm³/mol. The second-order valence-electron chi connectivity index (χ2n) is 11.1. The first-order chi connectivity index (χ1) is 18.2. The van der Waals surface area contributed by atoms with Gasteiger partial charge < -0.3 is 19.1 Å². The molecule has 0 bridgehead atoms. The van der Waals surface area contributed by atoms with E-state index in [4.69, 9.17) is 9.16 Å². The number of hydrogen-bond acceptors (Lipinski definition) is 8. The molecule has 1 aromatic carbocycles. The topological polar surface area (TPSA) is 135 Å². The SMILES string of the molecule is COc1c(C(=O)[O-])nc(C(C)C(c2cnn(CCO[Si](C)(C)C(C)(C)C)c2)c2ccccc2C#N)n(C)c1=O.[Li+]. The number of hydrogen-bond donors (Lipinski definition) is 0. The maximum atomic E-state index is 13.0. The summed E-state index contributed by atoms with van der Waals surface area (Å²) in [6.45, 7) is 13.9. The fraction of sp³-hybridized carbons (Fsp3) is 0.464. The molecule has 3 rings (SSSR count). The van der Waals surface area contributed by atoms with Crippen LogP contribution in [-0.2, 0) is 18.0 Å². The van der Waals surface area contributed by atoms with Crippen molar-refractivity contribution in [2.45, 2.75) is 64.2 Å². The molecule has 12 heteroatoms. The summed E-state index contributed by atoms with van der Waals surface area (Å²) in [6, 6.07) is 9.42. The van der Waals surface area contributed by atoms with E-state index in [-0.39, 0.29) is 29.7 Å². The molecule has 0 spiro atoms. The van der Waals surface area contributed by atoms with E-state index >= 15 is 0 Å². The zero-order valence-electron chi connectivity index (χ0n) is 24.8. The van der Waals surface area contributed by atoms with Crippen LogP contribution < -0.4 is 34.3 Å². The van der Waals surface area contributed by atoms with E-state index in [0.717, 1.165) is 5.56 Å². The Labute approximate surface area is 248 Å². The third-order valence-corrected chi connectivity index (χ3v) is 12.1. The Kier molecular flexibility index (Phi) is 10.7. The Morgan fingerprint density at radius 1 is 1.25 bits per heavy atom. The molecule has 2 heterocycles. The number of carboxylic acids is 1. The molecule has 0 saturated heterocycles. The molecular formula is C28H36LiN5O5Si. The summed E-state index contributed by atoms with van der Waals surface area (Å²) < 4.78 is 14.4. The van der Waals surface area contributed by atoms with Gasteiger partial charge in [0.2, 0.25) is 5.75 Å². The van der Waals surface area contributed by atoms with Gasteiger partial charge in [-0.1, -0.05) is 45.9 Å². The van der Waals surface area contributed by atoms with Crippen LogP contribution in [0.3, 0.4) is 0 Å². The number of nitriles is 1. The average Bonchev–Trinajstić information content (AvgIpc) is 3.33. The summed E-state index contributed by atoms with van der Waals surface area (Å²) in [4.78, 5) is 29.1. The molecule has 2 atom stereocenters. The van der Waals surface area contributed by atoms with E-state index in [9.17, 15) is 20.0 Å². The number of carboxylic acid groups (broad SMARTS) is 1. The van der Waals surface area contributed by atoms with Crippen molar-refractivity contribution < 1.29 is 37.9 Å². The molecule has 0 N–H and O–H groups in total. The van der Waals surface area contributed by atoms with Crippen molar-refractivity contribution in [3.05, 3.63) is 75.2 Å². The van der Waals surface area contributed by atoms with Crippen LogP contribution >= 0.6 is 0 Å². The number of aromatic nitrogens is 4. The Hall–Kier alpha value is -3.16. The molecule has 208 valence electrons. The summed E-state index contributed by atoms with van der Waals surface area (Å²) in [5.74, 6) is -2.77. The van der Waals surface area contributed by atoms with Gasteiger partial charge in [-0.2, -0.15) is 10.4 Å². The zero-order valence-corrected chi connectivity index (χ0v) is 25.8. The molecule has 0 saturated carbocycles. The monoisotopic (exact) mass is 557 g/mol. The van der Waals surface area contributed by atoms with Crippen LogP contribution in [0.1, 0.15) is 72.5 Å². The van der Waals surface area contributed by atoms with E-state index in [1.165, 1.54) is 18.7 Å². The minimum absolute atomic E-state index is 0. The van der Waals surface area contributed by atoms with Crippen LogP contribution in [0.25, 0.3) is 0 Å². The summed E-state index contributed by atoms with van der Waals surface area (Å²) in [5, 5.41) is 26.3. The standard InChI is InChI=1S/C28H37N5O5Si.Li/c1-18(25-31-23(27(35)36)24(37-6)26(34)32(25)5)22(21-12-10-9-11-19(21)15-29)20-16-30-33(17-20)13-14-38-39(7,8)28(2,3)4;/h9-12,16-18,22H,13-14H2,1-8H3,(H,35,36);/q;+1/p-1. The first-order valence-corrected chi connectivity index (χ1v) is 15.7. The molecule has 40 heavy (non-hydrogen) atoms. The number of carbonyl (C=O) groups excluding carboxylic acids is 1. The van der Waals surface area contributed by atoms with E-state index in [2.05, 4.69) is 50.0 Å². The smallest absolute Gasteiger partial charge is 0.543 e. The molecule has 10 nitrogen and oxygen atoms in total.